The van der Waals surface area contributed by atoms with Crippen LogP contribution in [0.15, 0.2) is 6.07 Å². The normalized spacial score (nSPS) is 10.2. The van der Waals surface area contributed by atoms with Crippen LogP contribution < -0.4 is 0 Å². The minimum Gasteiger partial charge on any atom is -0.358 e. The van der Waals surface area contributed by atoms with Gasteiger partial charge in [0.1, 0.15) is 6.07 Å². The Morgan fingerprint density at radius 3 is 2.69 bits per heavy atom. The number of nitrogens with zero attached hydrogens (tertiary/aromatic N) is 3. The Balaban J connectivity index is 3.51. The summed E-state index contributed by atoms with van der Waals surface area (Å²) in [6.07, 6.45) is -2.91. The van der Waals surface area contributed by atoms with Gasteiger partial charge in [-0.1, -0.05) is 15.9 Å². The summed E-state index contributed by atoms with van der Waals surface area (Å²) in [6, 6.07) is 2.56. The Morgan fingerprint density at radius 1 is 1.69 bits per heavy atom. The van der Waals surface area contributed by atoms with Crippen molar-refractivity contribution in [3.63, 3.8) is 0 Å². The number of halogens is 3. The van der Waals surface area contributed by atoms with Crippen molar-refractivity contribution in [1.29, 1.82) is 5.26 Å². The minimum atomic E-state index is -2.91. The van der Waals surface area contributed by atoms with E-state index in [1.807, 2.05) is 0 Å². The number of aromatic nitrogens is 1. The summed E-state index contributed by atoms with van der Waals surface area (Å²) >= 11 is 2.97. The van der Waals surface area contributed by atoms with E-state index in [0.29, 0.717) is 0 Å². The van der Waals surface area contributed by atoms with E-state index >= 15 is 0 Å². The molecule has 1 aromatic rings. The zero-order valence-corrected chi connectivity index (χ0v) is 9.24. The summed E-state index contributed by atoms with van der Waals surface area (Å²) in [4.78, 5) is 12.8. The summed E-state index contributed by atoms with van der Waals surface area (Å²) in [5, 5.41) is 19.3. The number of nitriles is 1. The van der Waals surface area contributed by atoms with Crippen LogP contribution in [0.25, 0.3) is 0 Å². The molecule has 0 bridgehead atoms. The van der Waals surface area contributed by atoms with Gasteiger partial charge in [-0.25, -0.2) is 8.78 Å². The minimum absolute atomic E-state index is 0.0684. The van der Waals surface area contributed by atoms with Gasteiger partial charge < -0.3 is 10.1 Å². The Kier molecular flexibility index (Phi) is 3.84. The summed E-state index contributed by atoms with van der Waals surface area (Å²) in [7, 11) is 0. The molecule has 0 saturated carbocycles. The van der Waals surface area contributed by atoms with Gasteiger partial charge in [0.25, 0.3) is 0 Å². The van der Waals surface area contributed by atoms with Crippen molar-refractivity contribution >= 4 is 21.7 Å². The molecule has 0 N–H and O–H groups in total. The first-order chi connectivity index (χ1) is 7.51. The third-order valence-corrected chi connectivity index (χ3v) is 2.36. The molecule has 1 aromatic heterocycles. The van der Waals surface area contributed by atoms with Crippen LogP contribution in [0.5, 0.6) is 0 Å². The largest absolute Gasteiger partial charge is 0.382 e. The number of hydrogen-bond donors (Lipinski definition) is 0. The van der Waals surface area contributed by atoms with Gasteiger partial charge in [0, 0.05) is 5.33 Å². The maximum atomic E-state index is 12.4. The Labute approximate surface area is 97.0 Å². The first-order valence-electron chi connectivity index (χ1n) is 3.93. The molecule has 0 unspecified atom stereocenters. The summed E-state index contributed by atoms with van der Waals surface area (Å²) in [6.45, 7) is 0. The predicted molar refractivity (Wildman–Crippen MR) is 53.2 cm³/mol. The second-order valence-corrected chi connectivity index (χ2v) is 3.27. The molecule has 8 heteroatoms. The molecule has 84 valence electrons. The topological polar surface area (TPSA) is 79.8 Å². The van der Waals surface area contributed by atoms with Crippen LogP contribution in [0, 0.1) is 21.4 Å². The lowest BCUT2D eigenvalue weighted by atomic mass is 10.1. The standard InChI is InChI=1S/C8H4BrF2N3O2/c9-2-4-1-6(7(10)11)13-8(14(15)16)5(4)3-12/h1,7H,2H2. The van der Waals surface area contributed by atoms with E-state index in [9.17, 15) is 18.9 Å². The average Bonchev–Trinajstić information content (AvgIpc) is 2.26. The number of nitro groups is 1. The molecular weight excluding hydrogens is 288 g/mol. The van der Waals surface area contributed by atoms with Gasteiger partial charge in [-0.3, -0.25) is 0 Å². The van der Waals surface area contributed by atoms with Crippen molar-refractivity contribution in [3.05, 3.63) is 33.0 Å². The lowest BCUT2D eigenvalue weighted by Crippen LogP contribution is -2.03. The maximum Gasteiger partial charge on any atom is 0.382 e. The smallest absolute Gasteiger partial charge is 0.358 e. The molecule has 1 heterocycles. The van der Waals surface area contributed by atoms with Gasteiger partial charge in [0.05, 0.1) is 0 Å². The third-order valence-electron chi connectivity index (χ3n) is 1.75. The van der Waals surface area contributed by atoms with Gasteiger partial charge >= 0.3 is 12.2 Å². The van der Waals surface area contributed by atoms with Crippen molar-refractivity contribution in [2.45, 2.75) is 11.8 Å². The molecule has 0 radical (unpaired) electrons. The number of alkyl halides is 3. The molecule has 0 amide bonds. The van der Waals surface area contributed by atoms with Crippen LogP contribution in [0.4, 0.5) is 14.6 Å². The average molecular weight is 292 g/mol. The Bertz CT molecular complexity index is 473. The van der Waals surface area contributed by atoms with Crippen molar-refractivity contribution < 1.29 is 13.7 Å². The maximum absolute atomic E-state index is 12.4. The van der Waals surface area contributed by atoms with E-state index < -0.39 is 22.9 Å². The zero-order valence-electron chi connectivity index (χ0n) is 7.65. The molecule has 0 aliphatic carbocycles. The Hall–Kier alpha value is -1.62. The van der Waals surface area contributed by atoms with Crippen LogP contribution in [-0.2, 0) is 5.33 Å². The second kappa shape index (κ2) is 4.94. The van der Waals surface area contributed by atoms with Gasteiger partial charge in [0.2, 0.25) is 5.69 Å². The van der Waals surface area contributed by atoms with Crippen LogP contribution in [0.3, 0.4) is 0 Å². The molecule has 0 aromatic carbocycles. The highest BCUT2D eigenvalue weighted by molar-refractivity contribution is 9.08. The van der Waals surface area contributed by atoms with E-state index in [-0.39, 0.29) is 16.5 Å². The predicted octanol–water partition coefficient (Wildman–Crippen LogP) is 2.69. The number of hydrogen-bond acceptors (Lipinski definition) is 4. The molecule has 5 nitrogen and oxygen atoms in total. The lowest BCUT2D eigenvalue weighted by molar-refractivity contribution is -0.390. The molecule has 16 heavy (non-hydrogen) atoms. The molecule has 0 spiro atoms. The summed E-state index contributed by atoms with van der Waals surface area (Å²) in [5.74, 6) is -0.838. The van der Waals surface area contributed by atoms with Crippen molar-refractivity contribution in [1.82, 2.24) is 4.98 Å². The fourth-order valence-corrected chi connectivity index (χ4v) is 1.52. The fraction of sp³-hybridized carbons (Fsp3) is 0.250. The van der Waals surface area contributed by atoms with Gasteiger partial charge in [0.15, 0.2) is 5.56 Å². The van der Waals surface area contributed by atoms with Gasteiger partial charge in [-0.2, -0.15) is 5.26 Å². The van der Waals surface area contributed by atoms with Crippen LogP contribution in [0.2, 0.25) is 0 Å². The zero-order chi connectivity index (χ0) is 12.3. The monoisotopic (exact) mass is 291 g/mol. The molecule has 0 saturated heterocycles. The highest BCUT2D eigenvalue weighted by atomic mass is 79.9. The van der Waals surface area contributed by atoms with Crippen LogP contribution in [0.1, 0.15) is 23.2 Å². The van der Waals surface area contributed by atoms with E-state index in [1.165, 1.54) is 0 Å². The molecule has 0 atom stereocenters. The lowest BCUT2D eigenvalue weighted by Gasteiger charge is -2.02. The van der Waals surface area contributed by atoms with Crippen molar-refractivity contribution in [3.8, 4) is 6.07 Å². The summed E-state index contributed by atoms with van der Waals surface area (Å²) in [5.41, 5.74) is -0.883. The third kappa shape index (κ3) is 2.30. The van der Waals surface area contributed by atoms with Gasteiger partial charge in [-0.15, -0.1) is 0 Å². The first-order valence-corrected chi connectivity index (χ1v) is 5.05. The first kappa shape index (κ1) is 12.4. The van der Waals surface area contributed by atoms with Crippen molar-refractivity contribution in [2.24, 2.45) is 0 Å². The molecule has 0 aliphatic heterocycles. The fourth-order valence-electron chi connectivity index (χ4n) is 1.08. The van der Waals surface area contributed by atoms with E-state index in [2.05, 4.69) is 20.9 Å². The molecule has 0 aliphatic rings. The number of rotatable bonds is 3. The van der Waals surface area contributed by atoms with Gasteiger partial charge in [-0.05, 0) is 21.5 Å². The highest BCUT2D eigenvalue weighted by Gasteiger charge is 2.25. The highest BCUT2D eigenvalue weighted by Crippen LogP contribution is 2.27. The number of pyridine rings is 1. The SMILES string of the molecule is N#Cc1c(CBr)cc(C(F)F)nc1[N+](=O)[O-]. The Morgan fingerprint density at radius 2 is 2.31 bits per heavy atom. The molecule has 0 fully saturated rings. The second-order valence-electron chi connectivity index (χ2n) is 2.71. The molecule has 1 rings (SSSR count). The van der Waals surface area contributed by atoms with E-state index in [0.717, 1.165) is 6.07 Å². The molecular formula is C8H4BrF2N3O2. The van der Waals surface area contributed by atoms with Crippen LogP contribution in [-0.4, -0.2) is 9.91 Å². The van der Waals surface area contributed by atoms with E-state index in [4.69, 9.17) is 5.26 Å². The van der Waals surface area contributed by atoms with Crippen molar-refractivity contribution in [2.75, 3.05) is 0 Å². The van der Waals surface area contributed by atoms with E-state index in [1.54, 1.807) is 6.07 Å². The quantitative estimate of drug-likeness (QED) is 0.487. The van der Waals surface area contributed by atoms with Crippen LogP contribution >= 0.6 is 15.9 Å². The summed E-state index contributed by atoms with van der Waals surface area (Å²) < 4.78 is 24.8.